The van der Waals surface area contributed by atoms with E-state index in [9.17, 15) is 19.7 Å². The van der Waals surface area contributed by atoms with E-state index in [-0.39, 0.29) is 22.5 Å². The summed E-state index contributed by atoms with van der Waals surface area (Å²) in [4.78, 5) is 36.7. The maximum atomic E-state index is 12.6. The average molecular weight is 391 g/mol. The first-order chi connectivity index (χ1) is 11.5. The summed E-state index contributed by atoms with van der Waals surface area (Å²) in [6.07, 6.45) is 0. The van der Waals surface area contributed by atoms with Gasteiger partial charge in [0.1, 0.15) is 11.4 Å². The molecule has 0 fully saturated rings. The van der Waals surface area contributed by atoms with Crippen LogP contribution in [0.4, 0.5) is 11.4 Å². The molecule has 0 bridgehead atoms. The molecule has 1 aliphatic rings. The molecule has 0 unspecified atom stereocenters. The number of hydrogen-bond acceptors (Lipinski definition) is 5. The molecule has 8 heteroatoms. The molecule has 0 spiro atoms. The van der Waals surface area contributed by atoms with Crippen molar-refractivity contribution < 1.29 is 19.2 Å². The summed E-state index contributed by atoms with van der Waals surface area (Å²) in [5.41, 5.74) is -0.0342. The molecule has 0 aromatic heterocycles. The molecule has 0 radical (unpaired) electrons. The van der Waals surface area contributed by atoms with Crippen LogP contribution >= 0.6 is 15.9 Å². The van der Waals surface area contributed by atoms with E-state index in [1.165, 1.54) is 24.3 Å². The van der Waals surface area contributed by atoms with E-state index in [1.807, 2.05) is 0 Å². The van der Waals surface area contributed by atoms with Crippen molar-refractivity contribution in [1.29, 1.82) is 0 Å². The molecule has 0 saturated carbocycles. The average Bonchev–Trinajstić information content (AvgIpc) is 2.81. The third kappa shape index (κ3) is 2.44. The van der Waals surface area contributed by atoms with Gasteiger partial charge in [0.25, 0.3) is 17.5 Å². The van der Waals surface area contributed by atoms with Crippen LogP contribution in [0.15, 0.2) is 40.9 Å². The van der Waals surface area contributed by atoms with Crippen LogP contribution in [-0.4, -0.2) is 23.3 Å². The number of amides is 2. The van der Waals surface area contributed by atoms with Gasteiger partial charge in [0.15, 0.2) is 0 Å². The van der Waals surface area contributed by atoms with Crippen molar-refractivity contribution >= 4 is 39.1 Å². The Bertz CT molecular complexity index is 846. The highest BCUT2D eigenvalue weighted by atomic mass is 79.9. The summed E-state index contributed by atoms with van der Waals surface area (Å²) in [6.45, 7) is 2.09. The minimum atomic E-state index is -0.640. The lowest BCUT2D eigenvalue weighted by molar-refractivity contribution is -0.384. The Morgan fingerprint density at radius 3 is 2.25 bits per heavy atom. The Kier molecular flexibility index (Phi) is 4.06. The van der Waals surface area contributed by atoms with E-state index in [4.69, 9.17) is 4.74 Å². The van der Waals surface area contributed by atoms with Crippen molar-refractivity contribution in [3.05, 3.63) is 62.1 Å². The Balaban J connectivity index is 2.19. The molecule has 122 valence electrons. The van der Waals surface area contributed by atoms with Crippen LogP contribution in [0.5, 0.6) is 5.75 Å². The standard InChI is InChI=1S/C16H11BrN2O5/c1-2-24-14-8-12(13(19(22)23)7-11(14)17)18-15(20)9-5-3-4-6-10(9)16(18)21/h3-8H,2H2,1H3. The molecule has 0 saturated heterocycles. The Morgan fingerprint density at radius 1 is 1.17 bits per heavy atom. The highest BCUT2D eigenvalue weighted by Gasteiger charge is 2.40. The highest BCUT2D eigenvalue weighted by molar-refractivity contribution is 9.10. The van der Waals surface area contributed by atoms with Gasteiger partial charge in [-0.1, -0.05) is 12.1 Å². The second-order valence-corrected chi connectivity index (χ2v) is 5.81. The fourth-order valence-corrected chi connectivity index (χ4v) is 2.98. The van der Waals surface area contributed by atoms with Crippen molar-refractivity contribution in [2.24, 2.45) is 0 Å². The molecule has 3 rings (SSSR count). The van der Waals surface area contributed by atoms with Crippen LogP contribution in [0, 0.1) is 10.1 Å². The fourth-order valence-electron chi connectivity index (χ4n) is 2.53. The predicted octanol–water partition coefficient (Wildman–Crippen LogP) is 3.56. The van der Waals surface area contributed by atoms with E-state index in [0.717, 1.165) is 4.90 Å². The maximum Gasteiger partial charge on any atom is 0.294 e. The van der Waals surface area contributed by atoms with Gasteiger partial charge < -0.3 is 4.74 Å². The number of nitro groups is 1. The Morgan fingerprint density at radius 2 is 1.75 bits per heavy atom. The monoisotopic (exact) mass is 390 g/mol. The zero-order chi connectivity index (χ0) is 17.4. The first kappa shape index (κ1) is 16.1. The number of imide groups is 1. The SMILES string of the molecule is CCOc1cc(N2C(=O)c3ccccc3C2=O)c([N+](=O)[O-])cc1Br. The van der Waals surface area contributed by atoms with Crippen molar-refractivity contribution in [3.8, 4) is 5.75 Å². The number of fused-ring (bicyclic) bond motifs is 1. The van der Waals surface area contributed by atoms with Crippen LogP contribution in [-0.2, 0) is 0 Å². The summed E-state index contributed by atoms with van der Waals surface area (Å²) in [7, 11) is 0. The second kappa shape index (κ2) is 6.04. The lowest BCUT2D eigenvalue weighted by Crippen LogP contribution is -2.30. The van der Waals surface area contributed by atoms with E-state index in [1.54, 1.807) is 19.1 Å². The quantitative estimate of drug-likeness (QED) is 0.452. The molecule has 1 aliphatic heterocycles. The van der Waals surface area contributed by atoms with Gasteiger partial charge in [-0.25, -0.2) is 4.90 Å². The number of nitro benzene ring substituents is 1. The second-order valence-electron chi connectivity index (χ2n) is 4.95. The number of rotatable bonds is 4. The van der Waals surface area contributed by atoms with Crippen LogP contribution in [0.25, 0.3) is 0 Å². The molecule has 0 atom stereocenters. The molecular weight excluding hydrogens is 380 g/mol. The van der Waals surface area contributed by atoms with Crippen LogP contribution < -0.4 is 9.64 Å². The number of carbonyl (C=O) groups is 2. The summed E-state index contributed by atoms with van der Waals surface area (Å²) >= 11 is 3.20. The molecule has 1 heterocycles. The number of anilines is 1. The highest BCUT2D eigenvalue weighted by Crippen LogP contribution is 2.41. The number of benzene rings is 2. The molecule has 2 amide bonds. The molecule has 2 aromatic rings. The third-order valence-electron chi connectivity index (χ3n) is 3.56. The van der Waals surface area contributed by atoms with Crippen molar-refractivity contribution in [3.63, 3.8) is 0 Å². The molecule has 0 aliphatic carbocycles. The Hall–Kier alpha value is -2.74. The zero-order valence-electron chi connectivity index (χ0n) is 12.5. The third-order valence-corrected chi connectivity index (χ3v) is 4.18. The van der Waals surface area contributed by atoms with Gasteiger partial charge in [-0.05, 0) is 35.0 Å². The van der Waals surface area contributed by atoms with Gasteiger partial charge in [0.05, 0.1) is 27.1 Å². The topological polar surface area (TPSA) is 89.8 Å². The summed E-state index contributed by atoms with van der Waals surface area (Å²) in [5, 5.41) is 11.4. The van der Waals surface area contributed by atoms with Gasteiger partial charge in [0, 0.05) is 12.1 Å². The summed E-state index contributed by atoms with van der Waals surface area (Å²) < 4.78 is 5.77. The maximum absolute atomic E-state index is 12.6. The fraction of sp³-hybridized carbons (Fsp3) is 0.125. The van der Waals surface area contributed by atoms with Gasteiger partial charge in [-0.3, -0.25) is 19.7 Å². The number of ether oxygens (including phenoxy) is 1. The summed E-state index contributed by atoms with van der Waals surface area (Å²) in [5.74, 6) is -0.874. The number of carbonyl (C=O) groups excluding carboxylic acids is 2. The predicted molar refractivity (Wildman–Crippen MR) is 89.5 cm³/mol. The van der Waals surface area contributed by atoms with E-state index < -0.39 is 16.7 Å². The smallest absolute Gasteiger partial charge is 0.294 e. The van der Waals surface area contributed by atoms with Gasteiger partial charge >= 0.3 is 0 Å². The van der Waals surface area contributed by atoms with Gasteiger partial charge in [-0.15, -0.1) is 0 Å². The van der Waals surface area contributed by atoms with Crippen LogP contribution in [0.1, 0.15) is 27.6 Å². The first-order valence-electron chi connectivity index (χ1n) is 7.04. The Labute approximate surface area is 145 Å². The molecule has 7 nitrogen and oxygen atoms in total. The number of halogens is 1. The number of nitrogens with zero attached hydrogens (tertiary/aromatic N) is 2. The lowest BCUT2D eigenvalue weighted by Gasteiger charge is -2.16. The molecule has 2 aromatic carbocycles. The summed E-state index contributed by atoms with van der Waals surface area (Å²) in [6, 6.07) is 8.86. The molecule has 0 N–H and O–H groups in total. The van der Waals surface area contributed by atoms with Crippen molar-refractivity contribution in [2.75, 3.05) is 11.5 Å². The molecular formula is C16H11BrN2O5. The van der Waals surface area contributed by atoms with Crippen LogP contribution in [0.3, 0.4) is 0 Å². The lowest BCUT2D eigenvalue weighted by atomic mass is 10.1. The van der Waals surface area contributed by atoms with Gasteiger partial charge in [0.2, 0.25) is 0 Å². The largest absolute Gasteiger partial charge is 0.493 e. The van der Waals surface area contributed by atoms with Crippen molar-refractivity contribution in [1.82, 2.24) is 0 Å². The van der Waals surface area contributed by atoms with Crippen molar-refractivity contribution in [2.45, 2.75) is 6.92 Å². The number of hydrogen-bond donors (Lipinski definition) is 0. The molecule has 24 heavy (non-hydrogen) atoms. The minimum Gasteiger partial charge on any atom is -0.493 e. The van der Waals surface area contributed by atoms with E-state index >= 15 is 0 Å². The minimum absolute atomic E-state index is 0.113. The van der Waals surface area contributed by atoms with E-state index in [2.05, 4.69) is 15.9 Å². The normalized spacial score (nSPS) is 13.2. The zero-order valence-corrected chi connectivity index (χ0v) is 14.1. The van der Waals surface area contributed by atoms with Gasteiger partial charge in [-0.2, -0.15) is 0 Å². The van der Waals surface area contributed by atoms with E-state index in [0.29, 0.717) is 16.8 Å². The first-order valence-corrected chi connectivity index (χ1v) is 7.83. The van der Waals surface area contributed by atoms with Crippen LogP contribution in [0.2, 0.25) is 0 Å².